The molecular weight excluding hydrogens is 206 g/mol. The largest absolute Gasteiger partial charge is 0.466 e. The van der Waals surface area contributed by atoms with E-state index >= 15 is 0 Å². The zero-order valence-corrected chi connectivity index (χ0v) is 10.1. The molecular formula is C12H23NO3. The molecule has 4 nitrogen and oxygen atoms in total. The van der Waals surface area contributed by atoms with Crippen LogP contribution in [-0.2, 0) is 9.53 Å². The third-order valence-electron chi connectivity index (χ3n) is 3.03. The number of esters is 1. The van der Waals surface area contributed by atoms with E-state index in [0.717, 1.165) is 38.6 Å². The molecule has 0 amide bonds. The number of carbonyl (C=O) groups is 1. The molecule has 4 heteroatoms. The van der Waals surface area contributed by atoms with Crippen molar-refractivity contribution < 1.29 is 14.6 Å². The summed E-state index contributed by atoms with van der Waals surface area (Å²) in [7, 11) is 0. The van der Waals surface area contributed by atoms with E-state index in [1.54, 1.807) is 0 Å². The summed E-state index contributed by atoms with van der Waals surface area (Å²) in [5.41, 5.74) is -0.496. The minimum absolute atomic E-state index is 0.135. The van der Waals surface area contributed by atoms with E-state index in [9.17, 15) is 9.90 Å². The molecule has 1 fully saturated rings. The fourth-order valence-electron chi connectivity index (χ4n) is 2.12. The van der Waals surface area contributed by atoms with Crippen molar-refractivity contribution in [3.8, 4) is 0 Å². The number of ether oxygens (including phenoxy) is 1. The van der Waals surface area contributed by atoms with Crippen LogP contribution in [0.2, 0.25) is 0 Å². The number of hydrogen-bond acceptors (Lipinski definition) is 4. The number of rotatable bonds is 7. The van der Waals surface area contributed by atoms with Gasteiger partial charge in [0.25, 0.3) is 0 Å². The minimum atomic E-state index is -0.496. The second kappa shape index (κ2) is 6.86. The van der Waals surface area contributed by atoms with Crippen molar-refractivity contribution in [3.05, 3.63) is 0 Å². The molecule has 94 valence electrons. The van der Waals surface area contributed by atoms with Crippen molar-refractivity contribution in [3.63, 3.8) is 0 Å². The van der Waals surface area contributed by atoms with Gasteiger partial charge in [-0.2, -0.15) is 0 Å². The highest BCUT2D eigenvalue weighted by Crippen LogP contribution is 2.28. The number of nitrogens with one attached hydrogen (secondary N) is 1. The van der Waals surface area contributed by atoms with Gasteiger partial charge in [-0.05, 0) is 32.7 Å². The third-order valence-corrected chi connectivity index (χ3v) is 3.03. The third kappa shape index (κ3) is 4.94. The summed E-state index contributed by atoms with van der Waals surface area (Å²) in [6.07, 6.45) is 5.28. The Morgan fingerprint density at radius 3 is 2.75 bits per heavy atom. The lowest BCUT2D eigenvalue weighted by molar-refractivity contribution is -0.143. The highest BCUT2D eigenvalue weighted by Gasteiger charge is 2.30. The smallest absolute Gasteiger partial charge is 0.305 e. The second-order valence-electron chi connectivity index (χ2n) is 4.52. The van der Waals surface area contributed by atoms with Crippen LogP contribution < -0.4 is 5.32 Å². The molecule has 0 unspecified atom stereocenters. The van der Waals surface area contributed by atoms with E-state index in [-0.39, 0.29) is 5.97 Å². The lowest BCUT2D eigenvalue weighted by atomic mass is 10.0. The average molecular weight is 229 g/mol. The predicted molar refractivity (Wildman–Crippen MR) is 62.2 cm³/mol. The van der Waals surface area contributed by atoms with Crippen LogP contribution in [0.5, 0.6) is 0 Å². The molecule has 0 aromatic rings. The van der Waals surface area contributed by atoms with E-state index in [2.05, 4.69) is 5.32 Å². The van der Waals surface area contributed by atoms with Gasteiger partial charge in [-0.25, -0.2) is 0 Å². The van der Waals surface area contributed by atoms with Crippen molar-refractivity contribution in [2.75, 3.05) is 19.7 Å². The van der Waals surface area contributed by atoms with Gasteiger partial charge in [0.1, 0.15) is 0 Å². The molecule has 1 aliphatic carbocycles. The summed E-state index contributed by atoms with van der Waals surface area (Å²) >= 11 is 0. The molecule has 1 rings (SSSR count). The molecule has 2 N–H and O–H groups in total. The van der Waals surface area contributed by atoms with Crippen LogP contribution in [0.15, 0.2) is 0 Å². The van der Waals surface area contributed by atoms with E-state index < -0.39 is 5.60 Å². The number of hydrogen-bond donors (Lipinski definition) is 2. The monoisotopic (exact) mass is 229 g/mol. The second-order valence-corrected chi connectivity index (χ2v) is 4.52. The fraction of sp³-hybridized carbons (Fsp3) is 0.917. The molecule has 0 saturated heterocycles. The molecule has 0 heterocycles. The summed E-state index contributed by atoms with van der Waals surface area (Å²) in [5, 5.41) is 13.2. The van der Waals surface area contributed by atoms with E-state index in [1.807, 2.05) is 6.92 Å². The van der Waals surface area contributed by atoms with Gasteiger partial charge in [-0.15, -0.1) is 0 Å². The van der Waals surface area contributed by atoms with Crippen molar-refractivity contribution in [1.82, 2.24) is 5.32 Å². The molecule has 0 spiro atoms. The van der Waals surface area contributed by atoms with Crippen molar-refractivity contribution in [1.29, 1.82) is 0 Å². The van der Waals surface area contributed by atoms with Gasteiger partial charge in [0, 0.05) is 13.0 Å². The Labute approximate surface area is 97.4 Å². The maximum atomic E-state index is 11.0. The van der Waals surface area contributed by atoms with Gasteiger partial charge in [-0.1, -0.05) is 12.8 Å². The molecule has 0 radical (unpaired) electrons. The first-order chi connectivity index (χ1) is 7.66. The molecule has 0 aromatic carbocycles. The Balaban J connectivity index is 1.97. The molecule has 0 aliphatic heterocycles. The summed E-state index contributed by atoms with van der Waals surface area (Å²) in [5.74, 6) is -0.135. The predicted octanol–water partition coefficient (Wildman–Crippen LogP) is 1.22. The first-order valence-electron chi connectivity index (χ1n) is 6.25. The molecule has 0 atom stereocenters. The molecule has 1 aliphatic rings. The van der Waals surface area contributed by atoms with Crippen LogP contribution in [-0.4, -0.2) is 36.4 Å². The van der Waals surface area contributed by atoms with Gasteiger partial charge in [0.2, 0.25) is 0 Å². The number of aliphatic hydroxyl groups is 1. The molecule has 16 heavy (non-hydrogen) atoms. The molecule has 0 aromatic heterocycles. The van der Waals surface area contributed by atoms with Crippen LogP contribution in [0, 0.1) is 0 Å². The Morgan fingerprint density at radius 1 is 1.44 bits per heavy atom. The first kappa shape index (κ1) is 13.5. The highest BCUT2D eigenvalue weighted by molar-refractivity contribution is 5.69. The van der Waals surface area contributed by atoms with E-state index in [1.165, 1.54) is 0 Å². The van der Waals surface area contributed by atoms with Crippen LogP contribution in [0.4, 0.5) is 0 Å². The Kier molecular flexibility index (Phi) is 5.77. The van der Waals surface area contributed by atoms with Crippen LogP contribution in [0.25, 0.3) is 0 Å². The number of carbonyl (C=O) groups excluding carboxylic acids is 1. The van der Waals surface area contributed by atoms with Gasteiger partial charge in [0.05, 0.1) is 12.2 Å². The lowest BCUT2D eigenvalue weighted by Gasteiger charge is -2.22. The van der Waals surface area contributed by atoms with Gasteiger partial charge >= 0.3 is 5.97 Å². The van der Waals surface area contributed by atoms with Crippen LogP contribution in [0.1, 0.15) is 45.4 Å². The quantitative estimate of drug-likeness (QED) is 0.509. The van der Waals surface area contributed by atoms with Crippen molar-refractivity contribution >= 4 is 5.97 Å². The first-order valence-corrected chi connectivity index (χ1v) is 6.25. The Morgan fingerprint density at radius 2 is 2.12 bits per heavy atom. The average Bonchev–Trinajstić information content (AvgIpc) is 2.65. The molecule has 0 bridgehead atoms. The maximum absolute atomic E-state index is 11.0. The summed E-state index contributed by atoms with van der Waals surface area (Å²) in [6.45, 7) is 3.68. The lowest BCUT2D eigenvalue weighted by Crippen LogP contribution is -2.38. The zero-order chi connectivity index (χ0) is 11.9. The normalized spacial score (nSPS) is 18.6. The van der Waals surface area contributed by atoms with E-state index in [4.69, 9.17) is 4.74 Å². The van der Waals surface area contributed by atoms with E-state index in [0.29, 0.717) is 19.6 Å². The summed E-state index contributed by atoms with van der Waals surface area (Å²) in [4.78, 5) is 11.0. The van der Waals surface area contributed by atoms with Crippen LogP contribution in [0.3, 0.4) is 0 Å². The summed E-state index contributed by atoms with van der Waals surface area (Å²) < 4.78 is 4.83. The topological polar surface area (TPSA) is 58.6 Å². The van der Waals surface area contributed by atoms with Gasteiger partial charge in [-0.3, -0.25) is 4.79 Å². The summed E-state index contributed by atoms with van der Waals surface area (Å²) in [6, 6.07) is 0. The maximum Gasteiger partial charge on any atom is 0.305 e. The molecule has 1 saturated carbocycles. The zero-order valence-electron chi connectivity index (χ0n) is 10.1. The van der Waals surface area contributed by atoms with Gasteiger partial charge < -0.3 is 15.2 Å². The SMILES string of the molecule is CCOC(=O)CCCNCC1(O)CCCC1. The van der Waals surface area contributed by atoms with Gasteiger partial charge in [0.15, 0.2) is 0 Å². The van der Waals surface area contributed by atoms with Crippen molar-refractivity contribution in [2.24, 2.45) is 0 Å². The fourth-order valence-corrected chi connectivity index (χ4v) is 2.12. The minimum Gasteiger partial charge on any atom is -0.466 e. The Bertz CT molecular complexity index is 212. The standard InChI is InChI=1S/C12H23NO3/c1-2-16-11(14)6-5-9-13-10-12(15)7-3-4-8-12/h13,15H,2-10H2,1H3. The Hall–Kier alpha value is -0.610. The van der Waals surface area contributed by atoms with Crippen molar-refractivity contribution in [2.45, 2.75) is 51.0 Å². The van der Waals surface area contributed by atoms with Crippen LogP contribution >= 0.6 is 0 Å². The highest BCUT2D eigenvalue weighted by atomic mass is 16.5.